The van der Waals surface area contributed by atoms with Crippen LogP contribution < -0.4 is 15.5 Å². The van der Waals surface area contributed by atoms with Crippen LogP contribution >= 0.6 is 0 Å². The van der Waals surface area contributed by atoms with Crippen LogP contribution in [0.15, 0.2) is 85.6 Å². The van der Waals surface area contributed by atoms with E-state index in [1.54, 1.807) is 6.20 Å². The minimum Gasteiger partial charge on any atom is -0.324 e. The number of carbonyl (C=O) groups excluding carboxylic acids is 2. The van der Waals surface area contributed by atoms with E-state index in [2.05, 4.69) is 22.2 Å². The van der Waals surface area contributed by atoms with Gasteiger partial charge in [-0.2, -0.15) is 0 Å². The monoisotopic (exact) mass is 449 g/mol. The molecule has 1 aliphatic heterocycles. The summed E-state index contributed by atoms with van der Waals surface area (Å²) in [6.07, 6.45) is 4.53. The molecule has 5 rings (SSSR count). The van der Waals surface area contributed by atoms with Crippen molar-refractivity contribution in [3.8, 4) is 11.1 Å². The number of rotatable bonds is 6. The van der Waals surface area contributed by atoms with E-state index in [1.165, 1.54) is 6.08 Å². The highest BCUT2D eigenvalue weighted by Crippen LogP contribution is 2.30. The molecule has 1 aliphatic rings. The number of anilines is 4. The summed E-state index contributed by atoms with van der Waals surface area (Å²) in [5.41, 5.74) is 5.08. The maximum atomic E-state index is 12.0. The van der Waals surface area contributed by atoms with Gasteiger partial charge in [0.25, 0.3) is 0 Å². The van der Waals surface area contributed by atoms with E-state index in [0.29, 0.717) is 18.1 Å². The summed E-state index contributed by atoms with van der Waals surface area (Å²) >= 11 is 0. The number of para-hydroxylation sites is 1. The van der Waals surface area contributed by atoms with Gasteiger partial charge in [0.2, 0.25) is 17.8 Å². The fourth-order valence-corrected chi connectivity index (χ4v) is 4.08. The van der Waals surface area contributed by atoms with E-state index in [1.807, 2.05) is 71.6 Å². The summed E-state index contributed by atoms with van der Waals surface area (Å²) in [4.78, 5) is 34.7. The molecule has 4 aromatic rings. The van der Waals surface area contributed by atoms with Gasteiger partial charge in [-0.15, -0.1) is 0 Å². The molecule has 0 unspecified atom stereocenters. The van der Waals surface area contributed by atoms with Crippen molar-refractivity contribution in [3.05, 3.63) is 85.6 Å². The van der Waals surface area contributed by atoms with Gasteiger partial charge < -0.3 is 15.5 Å². The molecule has 1 saturated heterocycles. The van der Waals surface area contributed by atoms with Gasteiger partial charge in [0, 0.05) is 47.2 Å². The van der Waals surface area contributed by atoms with Crippen molar-refractivity contribution in [1.82, 2.24) is 9.97 Å². The number of aromatic nitrogens is 2. The van der Waals surface area contributed by atoms with Gasteiger partial charge in [-0.05, 0) is 54.5 Å². The summed E-state index contributed by atoms with van der Waals surface area (Å²) < 4.78 is 0. The standard InChI is InChI=1S/C27H23N5O2/c1-2-24(33)29-21-8-3-6-18(16-21)23-9-4-7-19-17-28-27(31-26(19)23)30-20-11-13-22(14-12-20)32-15-5-10-25(32)34/h2-4,6-9,11-14,16-17H,1,5,10,15H2,(H,29,33)(H,28,30,31). The fraction of sp³-hybridized carbons (Fsp3) is 0.111. The zero-order valence-corrected chi connectivity index (χ0v) is 18.5. The van der Waals surface area contributed by atoms with Gasteiger partial charge in [-0.3, -0.25) is 9.59 Å². The average Bonchev–Trinajstić information content (AvgIpc) is 3.30. The zero-order valence-electron chi connectivity index (χ0n) is 18.5. The molecule has 34 heavy (non-hydrogen) atoms. The van der Waals surface area contributed by atoms with Crippen LogP contribution in [0.1, 0.15) is 12.8 Å². The first-order valence-electron chi connectivity index (χ1n) is 11.1. The number of hydrogen-bond donors (Lipinski definition) is 2. The smallest absolute Gasteiger partial charge is 0.247 e. The molecule has 168 valence electrons. The molecule has 1 fully saturated rings. The molecule has 0 spiro atoms. The minimum absolute atomic E-state index is 0.166. The van der Waals surface area contributed by atoms with Gasteiger partial charge in [-0.1, -0.05) is 36.9 Å². The summed E-state index contributed by atoms with van der Waals surface area (Å²) in [5.74, 6) is 0.379. The van der Waals surface area contributed by atoms with Crippen molar-refractivity contribution in [1.29, 1.82) is 0 Å². The van der Waals surface area contributed by atoms with Crippen molar-refractivity contribution in [2.24, 2.45) is 0 Å². The molecule has 0 radical (unpaired) electrons. The minimum atomic E-state index is -0.260. The third-order valence-electron chi connectivity index (χ3n) is 5.75. The number of benzene rings is 3. The SMILES string of the molecule is C=CC(=O)Nc1cccc(-c2cccc3cnc(Nc4ccc(N5CCCC5=O)cc4)nc23)c1. The highest BCUT2D eigenvalue weighted by Gasteiger charge is 2.21. The first-order chi connectivity index (χ1) is 16.6. The molecular weight excluding hydrogens is 426 g/mol. The number of nitrogens with zero attached hydrogens (tertiary/aromatic N) is 3. The number of carbonyl (C=O) groups is 2. The van der Waals surface area contributed by atoms with Gasteiger partial charge in [0.15, 0.2) is 0 Å². The summed E-state index contributed by atoms with van der Waals surface area (Å²) in [7, 11) is 0. The van der Waals surface area contributed by atoms with Crippen LogP contribution in [0.2, 0.25) is 0 Å². The fourth-order valence-electron chi connectivity index (χ4n) is 4.08. The Balaban J connectivity index is 1.43. The molecule has 0 aliphatic carbocycles. The number of nitrogens with one attached hydrogen (secondary N) is 2. The summed E-state index contributed by atoms with van der Waals surface area (Å²) in [6, 6.07) is 21.2. The lowest BCUT2D eigenvalue weighted by atomic mass is 10.0. The normalized spacial score (nSPS) is 13.2. The number of hydrogen-bond acceptors (Lipinski definition) is 5. The van der Waals surface area contributed by atoms with Crippen LogP contribution in [0.4, 0.5) is 23.0 Å². The van der Waals surface area contributed by atoms with E-state index in [0.717, 1.165) is 46.4 Å². The first kappa shape index (κ1) is 21.3. The second-order valence-corrected chi connectivity index (χ2v) is 8.03. The molecule has 0 bridgehead atoms. The Hall–Kier alpha value is -4.52. The Morgan fingerprint density at radius 1 is 1.03 bits per heavy atom. The summed E-state index contributed by atoms with van der Waals surface area (Å²) in [6.45, 7) is 4.26. The molecule has 7 nitrogen and oxygen atoms in total. The zero-order chi connectivity index (χ0) is 23.5. The van der Waals surface area contributed by atoms with E-state index in [-0.39, 0.29) is 11.8 Å². The number of amides is 2. The van der Waals surface area contributed by atoms with Crippen LogP contribution in [0, 0.1) is 0 Å². The maximum Gasteiger partial charge on any atom is 0.247 e. The molecule has 1 aromatic heterocycles. The van der Waals surface area contributed by atoms with Gasteiger partial charge >= 0.3 is 0 Å². The van der Waals surface area contributed by atoms with E-state index in [4.69, 9.17) is 4.98 Å². The van der Waals surface area contributed by atoms with E-state index >= 15 is 0 Å². The van der Waals surface area contributed by atoms with Crippen LogP contribution in [-0.4, -0.2) is 28.3 Å². The Bertz CT molecular complexity index is 1400. The van der Waals surface area contributed by atoms with Crippen molar-refractivity contribution in [2.45, 2.75) is 12.8 Å². The largest absolute Gasteiger partial charge is 0.324 e. The molecule has 2 N–H and O–H groups in total. The molecular formula is C27H23N5O2. The van der Waals surface area contributed by atoms with Crippen LogP contribution in [0.25, 0.3) is 22.0 Å². The topological polar surface area (TPSA) is 87.2 Å². The van der Waals surface area contributed by atoms with E-state index in [9.17, 15) is 9.59 Å². The van der Waals surface area contributed by atoms with Gasteiger partial charge in [-0.25, -0.2) is 9.97 Å². The lowest BCUT2D eigenvalue weighted by molar-refractivity contribution is -0.117. The molecule has 3 aromatic carbocycles. The second-order valence-electron chi connectivity index (χ2n) is 8.03. The number of fused-ring (bicyclic) bond motifs is 1. The highest BCUT2D eigenvalue weighted by molar-refractivity contribution is 6.00. The highest BCUT2D eigenvalue weighted by atomic mass is 16.2. The van der Waals surface area contributed by atoms with Gasteiger partial charge in [0.05, 0.1) is 5.52 Å². The predicted molar refractivity (Wildman–Crippen MR) is 135 cm³/mol. The maximum absolute atomic E-state index is 12.0. The average molecular weight is 450 g/mol. The molecule has 2 amide bonds. The van der Waals surface area contributed by atoms with Gasteiger partial charge in [0.1, 0.15) is 0 Å². The molecule has 2 heterocycles. The molecule has 7 heteroatoms. The van der Waals surface area contributed by atoms with E-state index < -0.39 is 0 Å². The molecule has 0 atom stereocenters. The van der Waals surface area contributed by atoms with Crippen molar-refractivity contribution >= 4 is 45.7 Å². The van der Waals surface area contributed by atoms with Crippen molar-refractivity contribution < 1.29 is 9.59 Å². The van der Waals surface area contributed by atoms with Crippen LogP contribution in [0.5, 0.6) is 0 Å². The van der Waals surface area contributed by atoms with Crippen LogP contribution in [0.3, 0.4) is 0 Å². The van der Waals surface area contributed by atoms with Crippen molar-refractivity contribution in [3.63, 3.8) is 0 Å². The predicted octanol–water partition coefficient (Wildman–Crippen LogP) is 5.29. The lowest BCUT2D eigenvalue weighted by Crippen LogP contribution is -2.23. The lowest BCUT2D eigenvalue weighted by Gasteiger charge is -2.16. The Labute approximate surface area is 197 Å². The Morgan fingerprint density at radius 3 is 2.62 bits per heavy atom. The van der Waals surface area contributed by atoms with Crippen LogP contribution in [-0.2, 0) is 9.59 Å². The molecule has 0 saturated carbocycles. The second kappa shape index (κ2) is 9.15. The Morgan fingerprint density at radius 2 is 1.85 bits per heavy atom. The Kier molecular flexibility index (Phi) is 5.74. The first-order valence-corrected chi connectivity index (χ1v) is 11.1. The third-order valence-corrected chi connectivity index (χ3v) is 5.75. The quantitative estimate of drug-likeness (QED) is 0.391. The van der Waals surface area contributed by atoms with Crippen molar-refractivity contribution in [2.75, 3.05) is 22.1 Å². The third kappa shape index (κ3) is 4.36. The summed E-state index contributed by atoms with van der Waals surface area (Å²) in [5, 5.41) is 6.96.